The highest BCUT2D eigenvalue weighted by atomic mass is 33.1. The fraction of sp³-hybridized carbons (Fsp3) is 0. The van der Waals surface area contributed by atoms with Gasteiger partial charge in [0.15, 0.2) is 0 Å². The molecule has 0 aliphatic heterocycles. The van der Waals surface area contributed by atoms with Gasteiger partial charge in [-0.15, -0.1) is 0 Å². The predicted molar refractivity (Wildman–Crippen MR) is 54.8 cm³/mol. The molecular weight excluding hydrogens is 188 g/mol. The molecule has 0 radical (unpaired) electrons. The molecule has 0 aromatic carbocycles. The molecule has 2 aromatic heterocycles. The van der Waals surface area contributed by atoms with Crippen LogP contribution in [0.5, 0.6) is 0 Å². The van der Waals surface area contributed by atoms with E-state index in [2.05, 4.69) is 7.94 Å². The van der Waals surface area contributed by atoms with Gasteiger partial charge in [0.2, 0.25) is 0 Å². The Balaban J connectivity index is 1.91. The van der Waals surface area contributed by atoms with E-state index in [0.29, 0.717) is 0 Å². The topological polar surface area (TPSA) is 9.86 Å². The summed E-state index contributed by atoms with van der Waals surface area (Å²) < 4.78 is 4.12. The van der Waals surface area contributed by atoms with Gasteiger partial charge in [0.05, 0.1) is 0 Å². The van der Waals surface area contributed by atoms with Crippen LogP contribution in [0.2, 0.25) is 0 Å². The van der Waals surface area contributed by atoms with E-state index < -0.39 is 0 Å². The third-order valence-corrected chi connectivity index (χ3v) is 3.49. The van der Waals surface area contributed by atoms with Crippen LogP contribution in [0.25, 0.3) is 0 Å². The molecule has 0 aliphatic rings. The molecule has 62 valence electrons. The van der Waals surface area contributed by atoms with Crippen LogP contribution in [0.1, 0.15) is 0 Å². The molecule has 0 atom stereocenters. The first kappa shape index (κ1) is 7.89. The second-order valence-electron chi connectivity index (χ2n) is 2.23. The van der Waals surface area contributed by atoms with Crippen molar-refractivity contribution >= 4 is 22.0 Å². The van der Waals surface area contributed by atoms with Gasteiger partial charge < -0.3 is 0 Å². The lowest BCUT2D eigenvalue weighted by Gasteiger charge is -2.00. The molecule has 0 unspecified atom stereocenters. The summed E-state index contributed by atoms with van der Waals surface area (Å²) in [5.74, 6) is 0. The Bertz CT molecular complexity index is 278. The minimum absolute atomic E-state index is 1.68. The normalized spacial score (nSPS) is 10.3. The van der Waals surface area contributed by atoms with Crippen LogP contribution in [0.3, 0.4) is 0 Å². The van der Waals surface area contributed by atoms with Crippen molar-refractivity contribution in [2.75, 3.05) is 0 Å². The zero-order chi connectivity index (χ0) is 8.23. The van der Waals surface area contributed by atoms with Crippen LogP contribution < -0.4 is 0 Å². The van der Waals surface area contributed by atoms with Crippen molar-refractivity contribution in [1.82, 2.24) is 7.94 Å². The predicted octanol–water partition coefficient (Wildman–Crippen LogP) is 2.90. The third-order valence-electron chi connectivity index (χ3n) is 1.36. The van der Waals surface area contributed by atoms with E-state index in [-0.39, 0.29) is 0 Å². The monoisotopic (exact) mass is 196 g/mol. The number of hydrogen-bond donors (Lipinski definition) is 0. The highest BCUT2D eigenvalue weighted by Crippen LogP contribution is 2.24. The quantitative estimate of drug-likeness (QED) is 0.698. The Labute approximate surface area is 79.2 Å². The number of hydrogen-bond acceptors (Lipinski definition) is 2. The van der Waals surface area contributed by atoms with Crippen LogP contribution in [0.4, 0.5) is 0 Å². The van der Waals surface area contributed by atoms with Crippen molar-refractivity contribution in [3.63, 3.8) is 0 Å². The SMILES string of the molecule is c1ccn(SSn2cccc2)c1. The van der Waals surface area contributed by atoms with E-state index in [4.69, 9.17) is 0 Å². The molecule has 2 heterocycles. The Morgan fingerprint density at radius 3 is 1.25 bits per heavy atom. The van der Waals surface area contributed by atoms with E-state index in [1.807, 2.05) is 49.1 Å². The number of rotatable bonds is 3. The molecule has 0 saturated heterocycles. The van der Waals surface area contributed by atoms with Gasteiger partial charge in [-0.2, -0.15) is 0 Å². The van der Waals surface area contributed by atoms with E-state index in [1.54, 1.807) is 22.0 Å². The summed E-state index contributed by atoms with van der Waals surface area (Å²) in [6, 6.07) is 8.07. The van der Waals surface area contributed by atoms with Gasteiger partial charge in [0.1, 0.15) is 0 Å². The molecule has 2 aromatic rings. The standard InChI is InChI=1S/C8H8N2S2/c1-2-6-9(5-1)11-12-10-7-3-4-8-10/h1-8H. The van der Waals surface area contributed by atoms with Gasteiger partial charge in [0, 0.05) is 46.7 Å². The van der Waals surface area contributed by atoms with Crippen LogP contribution in [-0.4, -0.2) is 7.94 Å². The number of aromatic nitrogens is 2. The Kier molecular flexibility index (Phi) is 2.48. The third kappa shape index (κ3) is 1.89. The van der Waals surface area contributed by atoms with Gasteiger partial charge in [-0.25, -0.2) is 0 Å². The van der Waals surface area contributed by atoms with Crippen molar-refractivity contribution in [3.8, 4) is 0 Å². The van der Waals surface area contributed by atoms with Crippen LogP contribution in [0, 0.1) is 0 Å². The zero-order valence-electron chi connectivity index (χ0n) is 6.33. The summed E-state index contributed by atoms with van der Waals surface area (Å²) in [6.07, 6.45) is 8.12. The molecule has 4 heteroatoms. The molecule has 0 amide bonds. The smallest absolute Gasteiger partial charge is 0.0489 e. The average molecular weight is 196 g/mol. The van der Waals surface area contributed by atoms with Gasteiger partial charge in [-0.3, -0.25) is 7.94 Å². The summed E-state index contributed by atoms with van der Waals surface area (Å²) in [6.45, 7) is 0. The van der Waals surface area contributed by atoms with Gasteiger partial charge in [-0.05, 0) is 24.3 Å². The molecule has 0 bridgehead atoms. The van der Waals surface area contributed by atoms with Crippen molar-refractivity contribution in [2.45, 2.75) is 0 Å². The van der Waals surface area contributed by atoms with E-state index in [9.17, 15) is 0 Å². The van der Waals surface area contributed by atoms with Crippen LogP contribution in [-0.2, 0) is 0 Å². The first-order valence-corrected chi connectivity index (χ1v) is 5.63. The summed E-state index contributed by atoms with van der Waals surface area (Å²) >= 11 is 0. The molecule has 0 aliphatic carbocycles. The van der Waals surface area contributed by atoms with Gasteiger partial charge >= 0.3 is 0 Å². The molecule has 0 fully saturated rings. The van der Waals surface area contributed by atoms with Gasteiger partial charge in [0.25, 0.3) is 0 Å². The summed E-state index contributed by atoms with van der Waals surface area (Å²) in [5, 5.41) is 0. The first-order valence-electron chi connectivity index (χ1n) is 3.56. The lowest BCUT2D eigenvalue weighted by Crippen LogP contribution is -1.79. The lowest BCUT2D eigenvalue weighted by molar-refractivity contribution is 1.29. The Morgan fingerprint density at radius 1 is 0.583 bits per heavy atom. The maximum absolute atomic E-state index is 2.06. The largest absolute Gasteiger partial charge is 0.289 e. The van der Waals surface area contributed by atoms with Crippen LogP contribution >= 0.6 is 22.0 Å². The van der Waals surface area contributed by atoms with E-state index in [1.165, 1.54) is 0 Å². The van der Waals surface area contributed by atoms with Crippen LogP contribution in [0.15, 0.2) is 49.1 Å². The van der Waals surface area contributed by atoms with Crippen molar-refractivity contribution < 1.29 is 0 Å². The Hall–Kier alpha value is -0.740. The molecular formula is C8H8N2S2. The maximum atomic E-state index is 2.06. The summed E-state index contributed by atoms with van der Waals surface area (Å²) in [4.78, 5) is 0. The van der Waals surface area contributed by atoms with E-state index >= 15 is 0 Å². The molecule has 0 spiro atoms. The highest BCUT2D eigenvalue weighted by molar-refractivity contribution is 8.75. The molecule has 12 heavy (non-hydrogen) atoms. The van der Waals surface area contributed by atoms with E-state index in [0.717, 1.165) is 0 Å². The van der Waals surface area contributed by atoms with Crippen molar-refractivity contribution in [3.05, 3.63) is 49.1 Å². The highest BCUT2D eigenvalue weighted by Gasteiger charge is 1.91. The molecule has 0 saturated carbocycles. The summed E-state index contributed by atoms with van der Waals surface area (Å²) in [7, 11) is 3.36. The Morgan fingerprint density at radius 2 is 0.917 bits per heavy atom. The zero-order valence-corrected chi connectivity index (χ0v) is 7.96. The second-order valence-corrected chi connectivity index (χ2v) is 4.27. The fourth-order valence-electron chi connectivity index (χ4n) is 0.814. The average Bonchev–Trinajstić information content (AvgIpc) is 2.74. The minimum Gasteiger partial charge on any atom is -0.289 e. The maximum Gasteiger partial charge on any atom is 0.0489 e. The minimum atomic E-state index is 1.68. The number of nitrogens with zero attached hydrogens (tertiary/aromatic N) is 2. The van der Waals surface area contributed by atoms with Crippen molar-refractivity contribution in [1.29, 1.82) is 0 Å². The van der Waals surface area contributed by atoms with Gasteiger partial charge in [-0.1, -0.05) is 0 Å². The fourth-order valence-corrected chi connectivity index (χ4v) is 2.51. The van der Waals surface area contributed by atoms with Crippen molar-refractivity contribution in [2.24, 2.45) is 0 Å². The molecule has 0 N–H and O–H groups in total. The molecule has 2 nitrogen and oxygen atoms in total. The second kappa shape index (κ2) is 3.78. The molecule has 2 rings (SSSR count). The summed E-state index contributed by atoms with van der Waals surface area (Å²) in [5.41, 5.74) is 0. The first-order chi connectivity index (χ1) is 5.95. The lowest BCUT2D eigenvalue weighted by atomic mass is 10.7.